The molecule has 3 heterocycles. The van der Waals surface area contributed by atoms with E-state index < -0.39 is 7.26 Å². The van der Waals surface area contributed by atoms with Crippen LogP contribution in [0.2, 0.25) is 0 Å². The summed E-state index contributed by atoms with van der Waals surface area (Å²) in [4.78, 5) is 5.10. The third kappa shape index (κ3) is 6.05. The van der Waals surface area contributed by atoms with Gasteiger partial charge < -0.3 is 0 Å². The predicted octanol–water partition coefficient (Wildman–Crippen LogP) is 9.62. The third-order valence-electron chi connectivity index (χ3n) is 7.77. The summed E-state index contributed by atoms with van der Waals surface area (Å²) in [6.45, 7) is 5.45. The molecule has 0 radical (unpaired) electrons. The molecule has 44 heavy (non-hydrogen) atoms. The summed E-state index contributed by atoms with van der Waals surface area (Å²) < 4.78 is 9.85. The predicted molar refractivity (Wildman–Crippen MR) is 191 cm³/mol. The van der Waals surface area contributed by atoms with Crippen molar-refractivity contribution in [3.63, 3.8) is 0 Å². The topological polar surface area (TPSA) is 9.23 Å². The van der Waals surface area contributed by atoms with Gasteiger partial charge in [-0.1, -0.05) is 0 Å². The molecule has 0 aliphatic carbocycles. The molecular formula is C39H33OOsPS2+. The van der Waals surface area contributed by atoms with Gasteiger partial charge in [0.05, 0.1) is 0 Å². The fourth-order valence-corrected chi connectivity index (χ4v) is 13.7. The number of hydrogen-bond acceptors (Lipinski definition) is 3. The first-order valence-corrected chi connectivity index (χ1v) is 19.3. The van der Waals surface area contributed by atoms with Gasteiger partial charge in [-0.05, 0) is 0 Å². The first-order valence-electron chi connectivity index (χ1n) is 14.6. The maximum atomic E-state index is 5.98. The van der Waals surface area contributed by atoms with Crippen LogP contribution < -0.4 is 15.9 Å². The van der Waals surface area contributed by atoms with Crippen molar-refractivity contribution in [2.45, 2.75) is 13.8 Å². The molecule has 0 amide bonds. The normalized spacial score (nSPS) is 16.0. The third-order valence-corrected chi connectivity index (χ3v) is 15.5. The Bertz CT molecular complexity index is 1810. The van der Waals surface area contributed by atoms with Gasteiger partial charge in [0, 0.05) is 0 Å². The van der Waals surface area contributed by atoms with Crippen LogP contribution in [-0.4, -0.2) is 13.2 Å². The van der Waals surface area contributed by atoms with Crippen molar-refractivity contribution in [2.24, 2.45) is 0 Å². The van der Waals surface area contributed by atoms with Gasteiger partial charge in [0.2, 0.25) is 0 Å². The zero-order chi connectivity index (χ0) is 30.4. The van der Waals surface area contributed by atoms with Gasteiger partial charge in [-0.15, -0.1) is 0 Å². The summed E-state index contributed by atoms with van der Waals surface area (Å²) in [6, 6.07) is 42.3. The van der Waals surface area contributed by atoms with Crippen molar-refractivity contribution in [2.75, 3.05) is 13.2 Å². The van der Waals surface area contributed by atoms with E-state index in [4.69, 9.17) is 4.74 Å². The van der Waals surface area contributed by atoms with Crippen LogP contribution in [0.15, 0.2) is 150 Å². The molecule has 0 unspecified atom stereocenters. The first-order chi connectivity index (χ1) is 21.7. The Labute approximate surface area is 279 Å². The van der Waals surface area contributed by atoms with Crippen molar-refractivity contribution in [3.05, 3.63) is 160 Å². The molecule has 1 saturated heterocycles. The number of allylic oxidation sites excluding steroid dienone is 5. The zero-order valence-corrected chi connectivity index (χ0v) is 29.8. The molecule has 1 aliphatic rings. The van der Waals surface area contributed by atoms with Gasteiger partial charge in [0.1, 0.15) is 0 Å². The van der Waals surface area contributed by atoms with Crippen molar-refractivity contribution in [1.82, 2.24) is 0 Å². The maximum absolute atomic E-state index is 5.98. The zero-order valence-electron chi connectivity index (χ0n) is 24.7. The second-order valence-electron chi connectivity index (χ2n) is 10.4. The molecule has 6 rings (SSSR count). The van der Waals surface area contributed by atoms with Gasteiger partial charge in [-0.2, -0.15) is 0 Å². The molecule has 5 aromatic rings. The Morgan fingerprint density at radius 2 is 1.25 bits per heavy atom. The second kappa shape index (κ2) is 14.3. The SMILES string of the molecule is CC=C1COCC1=CC(=C([C]#[Os])[P+](c1ccccc1)(c1ccccc1)c1ccccc1)c1ccc(-c2ccc(/C=C/C)s2)s1. The summed E-state index contributed by atoms with van der Waals surface area (Å²) in [5, 5.41) is 5.22. The summed E-state index contributed by atoms with van der Waals surface area (Å²) >= 11 is 5.54. The number of rotatable bonds is 8. The van der Waals surface area contributed by atoms with E-state index in [1.165, 1.54) is 57.5 Å². The Morgan fingerprint density at radius 3 is 1.80 bits per heavy atom. The molecule has 5 heteroatoms. The molecule has 1 aliphatic heterocycles. The van der Waals surface area contributed by atoms with E-state index in [-0.39, 0.29) is 0 Å². The van der Waals surface area contributed by atoms with E-state index in [0.29, 0.717) is 13.2 Å². The standard InChI is InChI=1S/C39H33OPS2.Os/c1-4-15-35-22-23-38(42-35)39-25-24-37(43-39)36(26-31-28-40-27-30(31)5-2)29(3)41(32-16-9-6-10-17-32,33-18-11-7-12-19-33)34-20-13-8-14-21-34;/h4-26H,27-28H2,1-2H3;/q+1;/b15-4+,30-5?,31-26?,36-29?;. The van der Waals surface area contributed by atoms with Gasteiger partial charge in [-0.3, -0.25) is 0 Å². The monoisotopic (exact) mass is 804 g/mol. The van der Waals surface area contributed by atoms with Crippen LogP contribution in [0, 0.1) is 4.37 Å². The molecule has 3 aromatic carbocycles. The van der Waals surface area contributed by atoms with Crippen molar-refractivity contribution < 1.29 is 22.7 Å². The average Bonchev–Trinajstić information content (AvgIpc) is 3.86. The molecule has 0 bridgehead atoms. The molecule has 219 valence electrons. The number of ether oxygens (including phenoxy) is 1. The number of benzene rings is 3. The Morgan fingerprint density at radius 1 is 0.705 bits per heavy atom. The van der Waals surface area contributed by atoms with Crippen LogP contribution >= 0.6 is 29.9 Å². The van der Waals surface area contributed by atoms with Gasteiger partial charge in [0.25, 0.3) is 0 Å². The summed E-state index contributed by atoms with van der Waals surface area (Å²) in [6.07, 6.45) is 8.87. The summed E-state index contributed by atoms with van der Waals surface area (Å²) in [5.41, 5.74) is 3.73. The van der Waals surface area contributed by atoms with Gasteiger partial charge >= 0.3 is 281 Å². The van der Waals surface area contributed by atoms with E-state index in [2.05, 4.69) is 158 Å². The average molecular weight is 803 g/mol. The first kappa shape index (κ1) is 30.8. The summed E-state index contributed by atoms with van der Waals surface area (Å²) in [7, 11) is -2.37. The molecular weight excluding hydrogens is 770 g/mol. The van der Waals surface area contributed by atoms with Crippen LogP contribution in [0.4, 0.5) is 0 Å². The van der Waals surface area contributed by atoms with E-state index in [1.54, 1.807) is 0 Å². The van der Waals surface area contributed by atoms with E-state index >= 15 is 0 Å². The van der Waals surface area contributed by atoms with Crippen molar-refractivity contribution in [3.8, 4) is 14.1 Å². The van der Waals surface area contributed by atoms with Gasteiger partial charge in [0.15, 0.2) is 0 Å². The Hall–Kier alpha value is -3.17. The second-order valence-corrected chi connectivity index (χ2v) is 16.5. The molecule has 0 spiro atoms. The fourth-order valence-electron chi connectivity index (χ4n) is 5.72. The quantitative estimate of drug-likeness (QED) is 0.142. The van der Waals surface area contributed by atoms with Crippen LogP contribution in [0.25, 0.3) is 21.4 Å². The molecule has 0 atom stereocenters. The van der Waals surface area contributed by atoms with Crippen LogP contribution in [0.3, 0.4) is 0 Å². The van der Waals surface area contributed by atoms with Crippen molar-refractivity contribution >= 4 is 57.5 Å². The molecule has 0 saturated carbocycles. The van der Waals surface area contributed by atoms with E-state index in [1.807, 2.05) is 40.6 Å². The minimum absolute atomic E-state index is 0.617. The Balaban J connectivity index is 1.70. The molecule has 0 N–H and O–H groups in total. The van der Waals surface area contributed by atoms with E-state index in [0.717, 1.165) is 0 Å². The number of hydrogen-bond donors (Lipinski definition) is 0. The van der Waals surface area contributed by atoms with Crippen LogP contribution in [-0.2, 0) is 22.7 Å². The van der Waals surface area contributed by atoms with Gasteiger partial charge in [-0.25, -0.2) is 0 Å². The number of thiophene rings is 2. The van der Waals surface area contributed by atoms with E-state index in [9.17, 15) is 0 Å². The fraction of sp³-hybridized carbons (Fsp3) is 0.103. The molecule has 2 aromatic heterocycles. The molecule has 1 fully saturated rings. The van der Waals surface area contributed by atoms with Crippen LogP contribution in [0.1, 0.15) is 23.6 Å². The van der Waals surface area contributed by atoms with Crippen molar-refractivity contribution in [1.29, 1.82) is 0 Å². The van der Waals surface area contributed by atoms with Crippen LogP contribution in [0.5, 0.6) is 0 Å². The summed E-state index contributed by atoms with van der Waals surface area (Å²) in [5.74, 6) is 0. The minimum atomic E-state index is -2.37. The Kier molecular flexibility index (Phi) is 10.0. The molecule has 1 nitrogen and oxygen atoms in total.